The molecule has 3 nitrogen and oxygen atoms in total. The monoisotopic (exact) mass is 302 g/mol. The Labute approximate surface area is 117 Å². The van der Waals surface area contributed by atoms with E-state index >= 15 is 0 Å². The first kappa shape index (κ1) is 16.6. The molecule has 1 rings (SSSR count). The SMILES string of the molecule is CC(C)(C)P(c1ccccc1S(=O)(=O)O)C(C)(C)C. The van der Waals surface area contributed by atoms with Crippen LogP contribution in [-0.2, 0) is 10.1 Å². The zero-order valence-corrected chi connectivity index (χ0v) is 14.1. The van der Waals surface area contributed by atoms with E-state index in [0.29, 0.717) is 0 Å². The molecule has 0 bridgehead atoms. The minimum atomic E-state index is -4.18. The van der Waals surface area contributed by atoms with E-state index in [0.717, 1.165) is 5.30 Å². The van der Waals surface area contributed by atoms with E-state index in [-0.39, 0.29) is 15.2 Å². The lowest BCUT2D eigenvalue weighted by atomic mass is 10.2. The van der Waals surface area contributed by atoms with Gasteiger partial charge in [-0.3, -0.25) is 4.55 Å². The minimum Gasteiger partial charge on any atom is -0.282 e. The molecular formula is C14H23O3PS. The maximum Gasteiger partial charge on any atom is 0.295 e. The molecule has 0 unspecified atom stereocenters. The van der Waals surface area contributed by atoms with Gasteiger partial charge < -0.3 is 0 Å². The lowest BCUT2D eigenvalue weighted by molar-refractivity contribution is 0.484. The fourth-order valence-corrected chi connectivity index (χ4v) is 7.78. The maximum atomic E-state index is 11.6. The Morgan fingerprint density at radius 1 is 0.947 bits per heavy atom. The highest BCUT2D eigenvalue weighted by molar-refractivity contribution is 7.87. The summed E-state index contributed by atoms with van der Waals surface area (Å²) in [5, 5.41) is 0.656. The fourth-order valence-electron chi connectivity index (χ4n) is 2.59. The summed E-state index contributed by atoms with van der Waals surface area (Å²) in [5.74, 6) is 0. The summed E-state index contributed by atoms with van der Waals surface area (Å²) in [5.41, 5.74) is 0. The van der Waals surface area contributed by atoms with Gasteiger partial charge in [-0.2, -0.15) is 8.42 Å². The molecule has 1 aromatic carbocycles. The largest absolute Gasteiger partial charge is 0.295 e. The zero-order valence-electron chi connectivity index (χ0n) is 12.4. The maximum absolute atomic E-state index is 11.6. The van der Waals surface area contributed by atoms with E-state index in [4.69, 9.17) is 0 Å². The average Bonchev–Trinajstić information content (AvgIpc) is 2.11. The molecule has 0 saturated carbocycles. The van der Waals surface area contributed by atoms with E-state index in [1.807, 2.05) is 12.1 Å². The van der Waals surface area contributed by atoms with Crippen molar-refractivity contribution in [3.05, 3.63) is 24.3 Å². The van der Waals surface area contributed by atoms with Gasteiger partial charge in [0, 0.05) is 0 Å². The Morgan fingerprint density at radius 2 is 1.37 bits per heavy atom. The number of hydrogen-bond acceptors (Lipinski definition) is 2. The molecule has 19 heavy (non-hydrogen) atoms. The van der Waals surface area contributed by atoms with Crippen molar-refractivity contribution in [1.29, 1.82) is 0 Å². The highest BCUT2D eigenvalue weighted by Gasteiger charge is 2.38. The van der Waals surface area contributed by atoms with Gasteiger partial charge in [0.05, 0.1) is 0 Å². The van der Waals surface area contributed by atoms with E-state index in [2.05, 4.69) is 41.5 Å². The molecule has 108 valence electrons. The van der Waals surface area contributed by atoms with Gasteiger partial charge >= 0.3 is 0 Å². The van der Waals surface area contributed by atoms with Gasteiger partial charge in [-0.25, -0.2) is 0 Å². The van der Waals surface area contributed by atoms with Gasteiger partial charge in [-0.05, 0) is 21.7 Å². The molecule has 0 amide bonds. The van der Waals surface area contributed by atoms with Crippen molar-refractivity contribution < 1.29 is 13.0 Å². The Morgan fingerprint density at radius 3 is 1.74 bits per heavy atom. The molecule has 0 radical (unpaired) electrons. The van der Waals surface area contributed by atoms with Crippen LogP contribution in [0.4, 0.5) is 0 Å². The van der Waals surface area contributed by atoms with Gasteiger partial charge in [0.1, 0.15) is 4.90 Å². The molecule has 1 aromatic rings. The lowest BCUT2D eigenvalue weighted by Crippen LogP contribution is -2.33. The van der Waals surface area contributed by atoms with Crippen molar-refractivity contribution in [3.63, 3.8) is 0 Å². The Kier molecular flexibility index (Phi) is 4.51. The van der Waals surface area contributed by atoms with E-state index in [9.17, 15) is 13.0 Å². The van der Waals surface area contributed by atoms with E-state index < -0.39 is 18.0 Å². The van der Waals surface area contributed by atoms with Crippen molar-refractivity contribution in [2.24, 2.45) is 0 Å². The fraction of sp³-hybridized carbons (Fsp3) is 0.571. The second-order valence-corrected chi connectivity index (χ2v) is 11.8. The van der Waals surface area contributed by atoms with Crippen LogP contribution < -0.4 is 5.30 Å². The molecule has 0 atom stereocenters. The third-order valence-electron chi connectivity index (χ3n) is 2.73. The predicted octanol–water partition coefficient (Wildman–Crippen LogP) is 3.64. The van der Waals surface area contributed by atoms with Gasteiger partial charge in [0.15, 0.2) is 0 Å². The van der Waals surface area contributed by atoms with Crippen LogP contribution in [0.15, 0.2) is 29.2 Å². The zero-order chi connectivity index (χ0) is 15.1. The van der Waals surface area contributed by atoms with Crippen LogP contribution in [0.2, 0.25) is 0 Å². The van der Waals surface area contributed by atoms with Crippen LogP contribution in [-0.4, -0.2) is 23.3 Å². The molecular weight excluding hydrogens is 279 g/mol. The number of benzene rings is 1. The summed E-state index contributed by atoms with van der Waals surface area (Å²) < 4.78 is 32.6. The van der Waals surface area contributed by atoms with Gasteiger partial charge in [0.25, 0.3) is 10.1 Å². The van der Waals surface area contributed by atoms with Crippen LogP contribution in [0.5, 0.6) is 0 Å². The van der Waals surface area contributed by atoms with Crippen LogP contribution in [0.3, 0.4) is 0 Å². The first-order valence-electron chi connectivity index (χ1n) is 6.22. The molecule has 1 N–H and O–H groups in total. The highest BCUT2D eigenvalue weighted by Crippen LogP contribution is 2.58. The molecule has 0 fully saturated rings. The Balaban J connectivity index is 3.59. The molecule has 0 heterocycles. The summed E-state index contributed by atoms with van der Waals surface area (Å²) >= 11 is 0. The molecule has 0 aliphatic heterocycles. The Hall–Kier alpha value is -0.440. The molecule has 5 heteroatoms. The summed E-state index contributed by atoms with van der Waals surface area (Å²) in [6, 6.07) is 6.78. The average molecular weight is 302 g/mol. The Bertz CT molecular complexity index is 537. The molecule has 0 aliphatic carbocycles. The molecule has 0 aromatic heterocycles. The standard InChI is InChI=1S/C14H23O3PS/c1-13(2,3)18(14(4,5)6)11-9-7-8-10-12(11)19(15,16)17/h7-10H,1-6H3,(H,15,16,17). The van der Waals surface area contributed by atoms with Crippen molar-refractivity contribution in [2.75, 3.05) is 0 Å². The van der Waals surface area contributed by atoms with Gasteiger partial charge in [0.2, 0.25) is 0 Å². The van der Waals surface area contributed by atoms with Crippen LogP contribution >= 0.6 is 7.92 Å². The minimum absolute atomic E-state index is 0.0472. The van der Waals surface area contributed by atoms with E-state index in [1.54, 1.807) is 6.07 Å². The van der Waals surface area contributed by atoms with E-state index in [1.165, 1.54) is 6.07 Å². The summed E-state index contributed by atoms with van der Waals surface area (Å²) in [4.78, 5) is 0.0472. The lowest BCUT2D eigenvalue weighted by Gasteiger charge is -2.42. The summed E-state index contributed by atoms with van der Waals surface area (Å²) in [7, 11) is -4.94. The van der Waals surface area contributed by atoms with Crippen molar-refractivity contribution in [3.8, 4) is 0 Å². The summed E-state index contributed by atoms with van der Waals surface area (Å²) in [6.07, 6.45) is 0. The second-order valence-electron chi connectivity index (χ2n) is 6.62. The normalized spacial score (nSPS) is 13.9. The quantitative estimate of drug-likeness (QED) is 0.670. The first-order chi connectivity index (χ1) is 8.35. The van der Waals surface area contributed by atoms with Crippen LogP contribution in [0.1, 0.15) is 41.5 Å². The molecule has 0 saturated heterocycles. The van der Waals surface area contributed by atoms with Crippen molar-refractivity contribution in [2.45, 2.75) is 56.8 Å². The molecule has 0 spiro atoms. The number of rotatable bonds is 2. The van der Waals surface area contributed by atoms with Crippen LogP contribution in [0, 0.1) is 0 Å². The third-order valence-corrected chi connectivity index (χ3v) is 7.34. The summed E-state index contributed by atoms with van der Waals surface area (Å²) in [6.45, 7) is 12.7. The third kappa shape index (κ3) is 4.01. The highest BCUT2D eigenvalue weighted by atomic mass is 32.2. The van der Waals surface area contributed by atoms with Gasteiger partial charge in [-0.1, -0.05) is 67.7 Å². The smallest absolute Gasteiger partial charge is 0.282 e. The predicted molar refractivity (Wildman–Crippen MR) is 82.3 cm³/mol. The van der Waals surface area contributed by atoms with Gasteiger partial charge in [-0.15, -0.1) is 0 Å². The van der Waals surface area contributed by atoms with Crippen molar-refractivity contribution in [1.82, 2.24) is 0 Å². The van der Waals surface area contributed by atoms with Crippen LogP contribution in [0.25, 0.3) is 0 Å². The first-order valence-corrected chi connectivity index (χ1v) is 9.00. The topological polar surface area (TPSA) is 54.4 Å². The molecule has 0 aliphatic rings. The number of hydrogen-bond donors (Lipinski definition) is 1. The second kappa shape index (κ2) is 5.16. The van der Waals surface area contributed by atoms with Crippen molar-refractivity contribution >= 4 is 23.3 Å².